The highest BCUT2D eigenvalue weighted by Crippen LogP contribution is 2.18. The summed E-state index contributed by atoms with van der Waals surface area (Å²) in [5.74, 6) is 0.357. The summed E-state index contributed by atoms with van der Waals surface area (Å²) in [5, 5.41) is 2.63. The molecule has 0 saturated carbocycles. The molecule has 0 spiro atoms. The first-order valence-corrected chi connectivity index (χ1v) is 7.30. The van der Waals surface area contributed by atoms with Gasteiger partial charge in [-0.05, 0) is 24.3 Å². The molecule has 0 bridgehead atoms. The highest BCUT2D eigenvalue weighted by atomic mass is 35.5. The van der Waals surface area contributed by atoms with Gasteiger partial charge in [0, 0.05) is 18.5 Å². The van der Waals surface area contributed by atoms with Crippen LogP contribution in [-0.2, 0) is 9.53 Å². The number of nitrogens with one attached hydrogen (secondary N) is 1. The van der Waals surface area contributed by atoms with Crippen molar-refractivity contribution in [1.82, 2.24) is 10.3 Å². The van der Waals surface area contributed by atoms with Crippen LogP contribution in [0.15, 0.2) is 48.8 Å². The predicted molar refractivity (Wildman–Crippen MR) is 93.3 cm³/mol. The van der Waals surface area contributed by atoms with Gasteiger partial charge in [0.2, 0.25) is 0 Å². The molecule has 0 atom stereocenters. The van der Waals surface area contributed by atoms with Crippen molar-refractivity contribution in [3.8, 4) is 11.5 Å². The molecule has 0 saturated heterocycles. The van der Waals surface area contributed by atoms with Crippen molar-refractivity contribution in [3.05, 3.63) is 54.4 Å². The van der Waals surface area contributed by atoms with Crippen LogP contribution < -0.4 is 14.8 Å². The number of hydrogen-bond acceptors (Lipinski definition) is 6. The van der Waals surface area contributed by atoms with Gasteiger partial charge in [0.15, 0.2) is 6.61 Å². The molecule has 1 aromatic heterocycles. The number of rotatable bonds is 8. The molecule has 25 heavy (non-hydrogen) atoms. The van der Waals surface area contributed by atoms with Crippen LogP contribution in [0.1, 0.15) is 10.4 Å². The second-order valence-corrected chi connectivity index (χ2v) is 4.69. The van der Waals surface area contributed by atoms with Gasteiger partial charge in [0.05, 0.1) is 19.2 Å². The van der Waals surface area contributed by atoms with Crippen molar-refractivity contribution in [2.45, 2.75) is 0 Å². The van der Waals surface area contributed by atoms with Crippen molar-refractivity contribution >= 4 is 24.3 Å². The van der Waals surface area contributed by atoms with Gasteiger partial charge in [-0.1, -0.05) is 6.07 Å². The van der Waals surface area contributed by atoms with Gasteiger partial charge >= 0.3 is 5.97 Å². The molecule has 2 rings (SSSR count). The molecular weight excluding hydrogens is 348 g/mol. The number of methoxy groups -OCH3 is 1. The van der Waals surface area contributed by atoms with Crippen LogP contribution in [0.3, 0.4) is 0 Å². The van der Waals surface area contributed by atoms with E-state index in [-0.39, 0.29) is 38.1 Å². The largest absolute Gasteiger partial charge is 0.497 e. The number of amides is 1. The Morgan fingerprint density at radius 1 is 1.16 bits per heavy atom. The van der Waals surface area contributed by atoms with E-state index in [4.69, 9.17) is 14.2 Å². The number of nitrogens with zero attached hydrogens (tertiary/aromatic N) is 1. The zero-order valence-corrected chi connectivity index (χ0v) is 14.5. The van der Waals surface area contributed by atoms with Crippen LogP contribution in [0, 0.1) is 0 Å². The highest BCUT2D eigenvalue weighted by Gasteiger charge is 2.07. The number of benzene rings is 1. The Morgan fingerprint density at radius 3 is 2.68 bits per heavy atom. The van der Waals surface area contributed by atoms with Crippen molar-refractivity contribution < 1.29 is 23.8 Å². The third-order valence-electron chi connectivity index (χ3n) is 2.97. The molecule has 7 nitrogen and oxygen atoms in total. The zero-order valence-electron chi connectivity index (χ0n) is 13.6. The molecule has 0 aliphatic carbocycles. The first-order valence-electron chi connectivity index (χ1n) is 7.30. The lowest BCUT2D eigenvalue weighted by molar-refractivity contribution is -0.145. The van der Waals surface area contributed by atoms with Crippen molar-refractivity contribution in [2.24, 2.45) is 0 Å². The van der Waals surface area contributed by atoms with E-state index in [0.717, 1.165) is 0 Å². The van der Waals surface area contributed by atoms with Crippen molar-refractivity contribution in [2.75, 3.05) is 26.9 Å². The minimum Gasteiger partial charge on any atom is -0.497 e. The molecule has 1 heterocycles. The van der Waals surface area contributed by atoms with E-state index in [0.29, 0.717) is 17.1 Å². The predicted octanol–water partition coefficient (Wildman–Crippen LogP) is 1.86. The van der Waals surface area contributed by atoms with Crippen LogP contribution in [-0.4, -0.2) is 43.7 Å². The van der Waals surface area contributed by atoms with E-state index in [1.165, 1.54) is 6.20 Å². The number of ether oxygens (including phenoxy) is 3. The molecule has 1 amide bonds. The maximum Gasteiger partial charge on any atom is 0.344 e. The number of esters is 1. The van der Waals surface area contributed by atoms with Gasteiger partial charge < -0.3 is 19.5 Å². The molecule has 0 aliphatic heterocycles. The highest BCUT2D eigenvalue weighted by molar-refractivity contribution is 5.93. The number of halogens is 1. The number of pyridine rings is 1. The normalized spacial score (nSPS) is 9.48. The molecule has 0 aliphatic rings. The second kappa shape index (κ2) is 10.9. The topological polar surface area (TPSA) is 86.8 Å². The summed E-state index contributed by atoms with van der Waals surface area (Å²) in [5.41, 5.74) is 0.449. The van der Waals surface area contributed by atoms with E-state index in [1.807, 2.05) is 0 Å². The van der Waals surface area contributed by atoms with Gasteiger partial charge in [-0.2, -0.15) is 0 Å². The summed E-state index contributed by atoms with van der Waals surface area (Å²) in [4.78, 5) is 27.2. The van der Waals surface area contributed by atoms with E-state index in [2.05, 4.69) is 10.3 Å². The van der Waals surface area contributed by atoms with Crippen LogP contribution in [0.4, 0.5) is 0 Å². The Kier molecular flexibility index (Phi) is 8.81. The van der Waals surface area contributed by atoms with Crippen LogP contribution in [0.5, 0.6) is 11.5 Å². The average molecular weight is 367 g/mol. The van der Waals surface area contributed by atoms with Crippen molar-refractivity contribution in [3.63, 3.8) is 0 Å². The summed E-state index contributed by atoms with van der Waals surface area (Å²) in [6, 6.07) is 10.2. The van der Waals surface area contributed by atoms with Crippen LogP contribution >= 0.6 is 12.4 Å². The molecule has 0 radical (unpaired) electrons. The fourth-order valence-electron chi connectivity index (χ4n) is 1.80. The van der Waals surface area contributed by atoms with Gasteiger partial charge in [0.25, 0.3) is 5.91 Å². The molecule has 2 aromatic rings. The second-order valence-electron chi connectivity index (χ2n) is 4.69. The Labute approximate surface area is 151 Å². The fourth-order valence-corrected chi connectivity index (χ4v) is 1.80. The Hall–Kier alpha value is -2.80. The van der Waals surface area contributed by atoms with Gasteiger partial charge in [-0.15, -0.1) is 12.4 Å². The first-order chi connectivity index (χ1) is 11.7. The maximum atomic E-state index is 11.7. The standard InChI is InChI=1S/C17H18N2O5.ClH/c1-22-14-5-2-6-15(10-14)24-12-16(20)23-9-8-19-17(21)13-4-3-7-18-11-13;/h2-7,10-11H,8-9,12H2,1H3,(H,19,21);1H. The molecule has 0 unspecified atom stereocenters. The monoisotopic (exact) mass is 366 g/mol. The average Bonchev–Trinajstić information content (AvgIpc) is 2.64. The smallest absolute Gasteiger partial charge is 0.344 e. The molecular formula is C17H19ClN2O5. The molecule has 0 fully saturated rings. The van der Waals surface area contributed by atoms with Crippen LogP contribution in [0.25, 0.3) is 0 Å². The van der Waals surface area contributed by atoms with Gasteiger partial charge in [0.1, 0.15) is 18.1 Å². The van der Waals surface area contributed by atoms with Gasteiger partial charge in [-0.3, -0.25) is 9.78 Å². The Morgan fingerprint density at radius 2 is 1.96 bits per heavy atom. The van der Waals surface area contributed by atoms with E-state index in [9.17, 15) is 9.59 Å². The zero-order chi connectivity index (χ0) is 17.2. The fraction of sp³-hybridized carbons (Fsp3) is 0.235. The Balaban J connectivity index is 0.00000312. The summed E-state index contributed by atoms with van der Waals surface area (Å²) >= 11 is 0. The summed E-state index contributed by atoms with van der Waals surface area (Å²) in [6.45, 7) is 0.0503. The van der Waals surface area contributed by atoms with Crippen molar-refractivity contribution in [1.29, 1.82) is 0 Å². The van der Waals surface area contributed by atoms with Gasteiger partial charge in [-0.25, -0.2) is 4.79 Å². The Bertz CT molecular complexity index is 682. The summed E-state index contributed by atoms with van der Waals surface area (Å²) in [6.07, 6.45) is 3.05. The van der Waals surface area contributed by atoms with E-state index in [1.54, 1.807) is 49.7 Å². The molecule has 134 valence electrons. The molecule has 1 N–H and O–H groups in total. The first kappa shape index (κ1) is 20.2. The molecule has 1 aromatic carbocycles. The van der Waals surface area contributed by atoms with Crippen LogP contribution in [0.2, 0.25) is 0 Å². The summed E-state index contributed by atoms with van der Waals surface area (Å²) in [7, 11) is 1.55. The summed E-state index contributed by atoms with van der Waals surface area (Å²) < 4.78 is 15.3. The third-order valence-corrected chi connectivity index (χ3v) is 2.97. The number of carbonyl (C=O) groups excluding carboxylic acids is 2. The third kappa shape index (κ3) is 7.09. The lowest BCUT2D eigenvalue weighted by atomic mass is 10.3. The van der Waals surface area contributed by atoms with E-state index < -0.39 is 5.97 Å². The minimum absolute atomic E-state index is 0. The number of hydrogen-bond donors (Lipinski definition) is 1. The lowest BCUT2D eigenvalue weighted by Gasteiger charge is -2.09. The molecule has 8 heteroatoms. The SMILES string of the molecule is COc1cccc(OCC(=O)OCCNC(=O)c2cccnc2)c1.Cl. The minimum atomic E-state index is -0.520. The lowest BCUT2D eigenvalue weighted by Crippen LogP contribution is -2.28. The maximum absolute atomic E-state index is 11.7. The number of aromatic nitrogens is 1. The van der Waals surface area contributed by atoms with E-state index >= 15 is 0 Å². The number of carbonyl (C=O) groups is 2. The quantitative estimate of drug-likeness (QED) is 0.567.